The molecule has 0 aromatic heterocycles. The van der Waals surface area contributed by atoms with E-state index < -0.39 is 0 Å². The molecular formula is C26H42N4O2. The van der Waals surface area contributed by atoms with Gasteiger partial charge in [-0.1, -0.05) is 25.0 Å². The molecular weight excluding hydrogens is 400 g/mol. The van der Waals surface area contributed by atoms with E-state index >= 15 is 0 Å². The molecule has 3 fully saturated rings. The van der Waals surface area contributed by atoms with Crippen LogP contribution in [0.2, 0.25) is 0 Å². The summed E-state index contributed by atoms with van der Waals surface area (Å²) in [5.41, 5.74) is 2.81. The van der Waals surface area contributed by atoms with E-state index in [1.807, 2.05) is 0 Å². The molecule has 2 atom stereocenters. The average molecular weight is 443 g/mol. The van der Waals surface area contributed by atoms with Gasteiger partial charge in [0.05, 0.1) is 12.6 Å². The smallest absolute Gasteiger partial charge is 0.191 e. The Hall–Kier alpha value is -1.79. The molecule has 2 saturated carbocycles. The van der Waals surface area contributed by atoms with Crippen LogP contribution in [0, 0.1) is 11.3 Å². The third-order valence-corrected chi connectivity index (χ3v) is 7.94. The summed E-state index contributed by atoms with van der Waals surface area (Å²) >= 11 is 0. The molecule has 3 N–H and O–H groups in total. The highest BCUT2D eigenvalue weighted by Crippen LogP contribution is 2.54. The first kappa shape index (κ1) is 23.4. The van der Waals surface area contributed by atoms with Crippen LogP contribution in [0.1, 0.15) is 64.4 Å². The van der Waals surface area contributed by atoms with Crippen LogP contribution in [0.15, 0.2) is 29.3 Å². The van der Waals surface area contributed by atoms with E-state index in [4.69, 9.17) is 9.73 Å². The van der Waals surface area contributed by atoms with Gasteiger partial charge in [0, 0.05) is 50.0 Å². The molecule has 6 nitrogen and oxygen atoms in total. The number of piperidine rings is 1. The van der Waals surface area contributed by atoms with Crippen LogP contribution in [-0.4, -0.2) is 56.1 Å². The van der Waals surface area contributed by atoms with Crippen molar-refractivity contribution in [1.29, 1.82) is 0 Å². The summed E-state index contributed by atoms with van der Waals surface area (Å²) in [6, 6.07) is 9.30. The molecule has 1 saturated heterocycles. The first-order valence-electron chi connectivity index (χ1n) is 12.8. The van der Waals surface area contributed by atoms with Crippen LogP contribution in [0.5, 0.6) is 0 Å². The van der Waals surface area contributed by atoms with Gasteiger partial charge in [0.15, 0.2) is 5.96 Å². The molecule has 2 aliphatic carbocycles. The van der Waals surface area contributed by atoms with E-state index in [0.29, 0.717) is 36.6 Å². The molecule has 1 heterocycles. The van der Waals surface area contributed by atoms with Crippen molar-refractivity contribution in [3.05, 3.63) is 29.8 Å². The lowest BCUT2D eigenvalue weighted by Crippen LogP contribution is -2.65. The highest BCUT2D eigenvalue weighted by Gasteiger charge is 2.56. The Labute approximate surface area is 193 Å². The maximum Gasteiger partial charge on any atom is 0.191 e. The molecule has 0 amide bonds. The second kappa shape index (κ2) is 10.9. The first-order valence-corrected chi connectivity index (χ1v) is 12.8. The number of nitrogens with one attached hydrogen (secondary N) is 2. The number of nitrogens with zero attached hydrogens (tertiary/aromatic N) is 2. The number of guanidine groups is 1. The van der Waals surface area contributed by atoms with E-state index in [-0.39, 0.29) is 0 Å². The maximum atomic E-state index is 9.35. The predicted octanol–water partition coefficient (Wildman–Crippen LogP) is 3.69. The minimum absolute atomic E-state index is 0.303. The largest absolute Gasteiger partial charge is 0.396 e. The van der Waals surface area contributed by atoms with Gasteiger partial charge in [-0.05, 0) is 69.6 Å². The Kier molecular flexibility index (Phi) is 7.95. The number of ether oxygens (including phenoxy) is 1. The SMILES string of the molecule is CCNC(=NCc1ccc(N2CCC(CO)CC2)cc1)NC1CC(OCC)C12CCCC2. The van der Waals surface area contributed by atoms with Gasteiger partial charge in [-0.15, -0.1) is 0 Å². The third kappa shape index (κ3) is 5.07. The van der Waals surface area contributed by atoms with Gasteiger partial charge in [0.1, 0.15) is 0 Å². The average Bonchev–Trinajstić information content (AvgIpc) is 3.36. The van der Waals surface area contributed by atoms with Gasteiger partial charge in [-0.2, -0.15) is 0 Å². The van der Waals surface area contributed by atoms with Gasteiger partial charge in [-0.3, -0.25) is 0 Å². The highest BCUT2D eigenvalue weighted by atomic mass is 16.5. The van der Waals surface area contributed by atoms with Crippen LogP contribution < -0.4 is 15.5 Å². The maximum absolute atomic E-state index is 9.35. The van der Waals surface area contributed by atoms with E-state index in [0.717, 1.165) is 51.5 Å². The Morgan fingerprint density at radius 3 is 2.50 bits per heavy atom. The summed E-state index contributed by atoms with van der Waals surface area (Å²) in [4.78, 5) is 7.33. The number of benzene rings is 1. The number of hydrogen-bond donors (Lipinski definition) is 3. The minimum atomic E-state index is 0.303. The number of hydrogen-bond acceptors (Lipinski definition) is 4. The Morgan fingerprint density at radius 2 is 1.88 bits per heavy atom. The lowest BCUT2D eigenvalue weighted by Gasteiger charge is -2.54. The van der Waals surface area contributed by atoms with E-state index in [1.54, 1.807) is 0 Å². The summed E-state index contributed by atoms with van der Waals surface area (Å²) in [6.07, 6.45) is 8.82. The number of aliphatic hydroxyl groups excluding tert-OH is 1. The van der Waals surface area contributed by atoms with Gasteiger partial charge >= 0.3 is 0 Å². The van der Waals surface area contributed by atoms with Gasteiger partial charge in [0.25, 0.3) is 0 Å². The number of aliphatic hydroxyl groups is 1. The topological polar surface area (TPSA) is 69.1 Å². The molecule has 1 spiro atoms. The Bertz CT molecular complexity index is 737. The summed E-state index contributed by atoms with van der Waals surface area (Å²) in [5.74, 6) is 1.40. The van der Waals surface area contributed by atoms with Crippen molar-refractivity contribution in [3.63, 3.8) is 0 Å². The lowest BCUT2D eigenvalue weighted by atomic mass is 9.60. The molecule has 1 aromatic rings. The van der Waals surface area contributed by atoms with Crippen LogP contribution in [0.3, 0.4) is 0 Å². The number of aliphatic imine (C=N–C) groups is 1. The molecule has 4 rings (SSSR count). The second-order valence-corrected chi connectivity index (χ2v) is 9.79. The summed E-state index contributed by atoms with van der Waals surface area (Å²) < 4.78 is 6.07. The standard InChI is InChI=1S/C26H42N4O2/c1-3-27-25(29-23-17-24(32-4-2)26(23)13-5-6-14-26)28-18-20-7-9-22(10-8-20)30-15-11-21(19-31)12-16-30/h7-10,21,23-24,31H,3-6,11-19H2,1-2H3,(H2,27,28,29). The summed E-state index contributed by atoms with van der Waals surface area (Å²) in [6.45, 7) is 8.97. The van der Waals surface area contributed by atoms with Crippen LogP contribution in [0.25, 0.3) is 0 Å². The van der Waals surface area contributed by atoms with Crippen LogP contribution >= 0.6 is 0 Å². The Balaban J connectivity index is 1.34. The van der Waals surface area contributed by atoms with Crippen molar-refractivity contribution in [2.24, 2.45) is 16.3 Å². The zero-order chi connectivity index (χ0) is 22.4. The van der Waals surface area contributed by atoms with E-state index in [1.165, 1.54) is 36.9 Å². The quantitative estimate of drug-likeness (QED) is 0.423. The normalized spacial score (nSPS) is 25.7. The molecule has 1 aliphatic heterocycles. The molecule has 0 radical (unpaired) electrons. The number of rotatable bonds is 8. The molecule has 3 aliphatic rings. The van der Waals surface area contributed by atoms with Gasteiger partial charge in [0.2, 0.25) is 0 Å². The van der Waals surface area contributed by atoms with Crippen molar-refractivity contribution >= 4 is 11.6 Å². The van der Waals surface area contributed by atoms with Crippen molar-refractivity contribution in [2.75, 3.05) is 37.7 Å². The van der Waals surface area contributed by atoms with Crippen LogP contribution in [-0.2, 0) is 11.3 Å². The molecule has 2 unspecified atom stereocenters. The van der Waals surface area contributed by atoms with Crippen molar-refractivity contribution < 1.29 is 9.84 Å². The summed E-state index contributed by atoms with van der Waals surface area (Å²) in [7, 11) is 0. The number of anilines is 1. The molecule has 1 aromatic carbocycles. The van der Waals surface area contributed by atoms with E-state index in [2.05, 4.69) is 53.6 Å². The lowest BCUT2D eigenvalue weighted by molar-refractivity contribution is -0.125. The zero-order valence-corrected chi connectivity index (χ0v) is 20.0. The highest BCUT2D eigenvalue weighted by molar-refractivity contribution is 5.80. The first-order chi connectivity index (χ1) is 15.7. The minimum Gasteiger partial charge on any atom is -0.396 e. The fourth-order valence-electron chi connectivity index (χ4n) is 5.93. The predicted molar refractivity (Wildman–Crippen MR) is 131 cm³/mol. The second-order valence-electron chi connectivity index (χ2n) is 9.79. The Morgan fingerprint density at radius 1 is 1.16 bits per heavy atom. The monoisotopic (exact) mass is 442 g/mol. The molecule has 0 bridgehead atoms. The third-order valence-electron chi connectivity index (χ3n) is 7.94. The zero-order valence-electron chi connectivity index (χ0n) is 20.0. The fourth-order valence-corrected chi connectivity index (χ4v) is 5.93. The van der Waals surface area contributed by atoms with Crippen molar-refractivity contribution in [1.82, 2.24) is 10.6 Å². The molecule has 32 heavy (non-hydrogen) atoms. The summed E-state index contributed by atoms with van der Waals surface area (Å²) in [5, 5.41) is 16.5. The fraction of sp³-hybridized carbons (Fsp3) is 0.731. The molecule has 178 valence electrons. The van der Waals surface area contributed by atoms with Gasteiger partial charge < -0.3 is 25.4 Å². The van der Waals surface area contributed by atoms with Crippen LogP contribution in [0.4, 0.5) is 5.69 Å². The van der Waals surface area contributed by atoms with Crippen molar-refractivity contribution in [3.8, 4) is 0 Å². The van der Waals surface area contributed by atoms with E-state index in [9.17, 15) is 5.11 Å². The molecule has 6 heteroatoms. The van der Waals surface area contributed by atoms with Crippen molar-refractivity contribution in [2.45, 2.75) is 77.5 Å². The van der Waals surface area contributed by atoms with Gasteiger partial charge in [-0.25, -0.2) is 4.99 Å².